The van der Waals surface area contributed by atoms with Gasteiger partial charge in [0, 0.05) is 68.8 Å². The molecule has 0 unspecified atom stereocenters. The molecule has 0 aliphatic rings. The van der Waals surface area contributed by atoms with Crippen molar-refractivity contribution >= 4 is 29.8 Å². The van der Waals surface area contributed by atoms with Crippen LogP contribution < -0.4 is 18.5 Å². The molecule has 0 aromatic heterocycles. The summed E-state index contributed by atoms with van der Waals surface area (Å²) in [5.74, 6) is -4.17. The van der Waals surface area contributed by atoms with Crippen molar-refractivity contribution in [2.24, 2.45) is 0 Å². The van der Waals surface area contributed by atoms with E-state index in [-0.39, 0.29) is 52.6 Å². The predicted molar refractivity (Wildman–Crippen MR) is 81.6 cm³/mol. The quantitative estimate of drug-likeness (QED) is 0.225. The third kappa shape index (κ3) is 3050. The van der Waals surface area contributed by atoms with Crippen LogP contribution in [0, 0.1) is 0 Å². The van der Waals surface area contributed by atoms with E-state index in [1.807, 2.05) is 0 Å². The van der Waals surface area contributed by atoms with Crippen molar-refractivity contribution < 1.29 is 83.6 Å². The average molecular weight is 478 g/mol. The Balaban J connectivity index is -0.0000000134. The van der Waals surface area contributed by atoms with Crippen LogP contribution >= 0.6 is 0 Å². The molecule has 0 aliphatic heterocycles. The fraction of sp³-hybridized carbons (Fsp3) is 0.500. The molecule has 0 aromatic rings. The van der Waals surface area contributed by atoms with Crippen LogP contribution in [0.1, 0.15) is 34.6 Å². The standard InChI is InChI=1S/5C2H4O2.2Cu.3H3N/c5*1-2(3)4;;;;;/h5*1H3,(H,3,4);;;3*1H3. The molecular formula is C10H29Cu2N3O10. The minimum Gasteiger partial charge on any atom is -0.481 e. The Labute approximate surface area is 166 Å². The molecule has 0 atom stereocenters. The molecule has 0 rings (SSSR count). The van der Waals surface area contributed by atoms with E-state index in [0.717, 1.165) is 34.6 Å². The molecule has 0 fully saturated rings. The molecule has 0 amide bonds. The van der Waals surface area contributed by atoms with Crippen molar-refractivity contribution in [3.63, 3.8) is 0 Å². The van der Waals surface area contributed by atoms with Crippen molar-refractivity contribution in [2.75, 3.05) is 0 Å². The first kappa shape index (κ1) is 65.5. The minimum absolute atomic E-state index is 0. The summed E-state index contributed by atoms with van der Waals surface area (Å²) in [6.07, 6.45) is 0. The second kappa shape index (κ2) is 57.2. The third-order valence-corrected chi connectivity index (χ3v) is 0. The van der Waals surface area contributed by atoms with Gasteiger partial charge in [0.1, 0.15) is 0 Å². The first-order valence-corrected chi connectivity index (χ1v) is 4.64. The third-order valence-electron chi connectivity index (χ3n) is 0. The van der Waals surface area contributed by atoms with E-state index in [9.17, 15) is 0 Å². The zero-order chi connectivity index (χ0) is 17.9. The topological polar surface area (TPSA) is 292 Å². The smallest absolute Gasteiger partial charge is 0.300 e. The largest absolute Gasteiger partial charge is 0.481 e. The number of carboxylic acid groups (broad SMARTS) is 5. The molecule has 2 radical (unpaired) electrons. The number of aliphatic carboxylic acids is 5. The molecule has 15 heteroatoms. The fourth-order valence-electron chi connectivity index (χ4n) is 0. The zero-order valence-electron chi connectivity index (χ0n) is 14.5. The van der Waals surface area contributed by atoms with E-state index in [2.05, 4.69) is 0 Å². The Morgan fingerprint density at radius 2 is 0.400 bits per heavy atom. The van der Waals surface area contributed by atoms with Gasteiger partial charge in [-0.05, 0) is 0 Å². The Hall–Kier alpha value is -1.73. The number of carboxylic acids is 5. The van der Waals surface area contributed by atoms with Crippen molar-refractivity contribution in [2.45, 2.75) is 34.6 Å². The molecular weight excluding hydrogens is 449 g/mol. The van der Waals surface area contributed by atoms with Gasteiger partial charge in [0.25, 0.3) is 29.8 Å². The molecule has 0 aromatic carbocycles. The summed E-state index contributed by atoms with van der Waals surface area (Å²) in [6, 6.07) is 0. The number of hydrogen-bond donors (Lipinski definition) is 8. The van der Waals surface area contributed by atoms with Crippen LogP contribution in [-0.4, -0.2) is 55.4 Å². The second-order valence-electron chi connectivity index (χ2n) is 2.60. The van der Waals surface area contributed by atoms with Crippen molar-refractivity contribution in [1.29, 1.82) is 0 Å². The molecule has 0 bridgehead atoms. The first-order valence-electron chi connectivity index (χ1n) is 4.64. The number of carbonyl (C=O) groups is 5. The summed E-state index contributed by atoms with van der Waals surface area (Å²) in [7, 11) is 0. The Kier molecular flexibility index (Phi) is 150. The van der Waals surface area contributed by atoms with Crippen molar-refractivity contribution in [1.82, 2.24) is 18.5 Å². The van der Waals surface area contributed by atoms with Gasteiger partial charge >= 0.3 is 0 Å². The zero-order valence-corrected chi connectivity index (χ0v) is 16.4. The van der Waals surface area contributed by atoms with Crippen LogP contribution in [0.3, 0.4) is 0 Å². The normalized spacial score (nSPS) is 5.00. The van der Waals surface area contributed by atoms with Gasteiger partial charge in [0.05, 0.1) is 0 Å². The van der Waals surface area contributed by atoms with Gasteiger partial charge in [-0.1, -0.05) is 0 Å². The minimum atomic E-state index is -0.833. The van der Waals surface area contributed by atoms with Crippen LogP contribution in [0.2, 0.25) is 0 Å². The van der Waals surface area contributed by atoms with Crippen molar-refractivity contribution in [3.05, 3.63) is 0 Å². The molecule has 0 spiro atoms. The maximum absolute atomic E-state index is 9.00. The summed E-state index contributed by atoms with van der Waals surface area (Å²) in [5.41, 5.74) is 0. The van der Waals surface area contributed by atoms with E-state index >= 15 is 0 Å². The molecule has 0 saturated heterocycles. The van der Waals surface area contributed by atoms with Crippen LogP contribution in [0.15, 0.2) is 0 Å². The van der Waals surface area contributed by atoms with E-state index in [0.29, 0.717) is 0 Å². The maximum Gasteiger partial charge on any atom is 0.300 e. The maximum atomic E-state index is 9.00. The van der Waals surface area contributed by atoms with Crippen molar-refractivity contribution in [3.8, 4) is 0 Å². The van der Waals surface area contributed by atoms with Gasteiger partial charge in [0.15, 0.2) is 0 Å². The van der Waals surface area contributed by atoms with E-state index in [1.165, 1.54) is 0 Å². The SMILES string of the molecule is CC(=O)O.CC(=O)O.CC(=O)O.CC(=O)O.CC(=O)O.N.N.N.[Cu].[Cu]. The molecule has 14 N–H and O–H groups in total. The van der Waals surface area contributed by atoms with Gasteiger partial charge in [-0.15, -0.1) is 0 Å². The predicted octanol–water partition coefficient (Wildman–Crippen LogP) is 0.936. The van der Waals surface area contributed by atoms with Gasteiger partial charge in [-0.2, -0.15) is 0 Å². The van der Waals surface area contributed by atoms with Gasteiger partial charge in [-0.25, -0.2) is 0 Å². The van der Waals surface area contributed by atoms with Gasteiger partial charge in [-0.3, -0.25) is 24.0 Å². The molecule has 13 nitrogen and oxygen atoms in total. The molecule has 166 valence electrons. The number of rotatable bonds is 0. The fourth-order valence-corrected chi connectivity index (χ4v) is 0. The Bertz CT molecular complexity index is 228. The number of hydrogen-bond acceptors (Lipinski definition) is 8. The van der Waals surface area contributed by atoms with Crippen LogP contribution in [-0.2, 0) is 58.1 Å². The summed E-state index contributed by atoms with van der Waals surface area (Å²) in [4.78, 5) is 45.0. The van der Waals surface area contributed by atoms with E-state index in [4.69, 9.17) is 49.5 Å². The summed E-state index contributed by atoms with van der Waals surface area (Å²) < 4.78 is 0. The Morgan fingerprint density at radius 1 is 0.400 bits per heavy atom. The van der Waals surface area contributed by atoms with Crippen LogP contribution in [0.4, 0.5) is 0 Å². The summed E-state index contributed by atoms with van der Waals surface area (Å²) >= 11 is 0. The van der Waals surface area contributed by atoms with E-state index in [1.54, 1.807) is 0 Å². The van der Waals surface area contributed by atoms with Gasteiger partial charge in [0.2, 0.25) is 0 Å². The van der Waals surface area contributed by atoms with Gasteiger partial charge < -0.3 is 44.0 Å². The first-order chi connectivity index (χ1) is 8.66. The molecule has 0 saturated carbocycles. The monoisotopic (exact) mass is 477 g/mol. The average Bonchev–Trinajstić information content (AvgIpc) is 1.94. The molecule has 0 aliphatic carbocycles. The second-order valence-corrected chi connectivity index (χ2v) is 2.60. The van der Waals surface area contributed by atoms with E-state index < -0.39 is 29.8 Å². The molecule has 25 heavy (non-hydrogen) atoms. The Morgan fingerprint density at radius 3 is 0.400 bits per heavy atom. The molecule has 0 heterocycles. The summed E-state index contributed by atoms with van der Waals surface area (Å²) in [5, 5.41) is 37.1. The van der Waals surface area contributed by atoms with Crippen LogP contribution in [0.25, 0.3) is 0 Å². The van der Waals surface area contributed by atoms with Crippen LogP contribution in [0.5, 0.6) is 0 Å². The summed E-state index contributed by atoms with van der Waals surface area (Å²) in [6.45, 7) is 5.42.